The molecule has 2 amide bonds. The zero-order valence-electron chi connectivity index (χ0n) is 22.3. The fraction of sp³-hybridized carbons (Fsp3) is 0.321. The van der Waals surface area contributed by atoms with Crippen molar-refractivity contribution in [3.8, 4) is 28.4 Å². The van der Waals surface area contributed by atoms with E-state index in [9.17, 15) is 9.59 Å². The summed E-state index contributed by atoms with van der Waals surface area (Å²) < 4.78 is 7.13. The Morgan fingerprint density at radius 1 is 1.20 bits per heavy atom. The lowest BCUT2D eigenvalue weighted by Crippen LogP contribution is -2.35. The number of benzene rings is 1. The molecule has 1 aromatic carbocycles. The largest absolute Gasteiger partial charge is 0.481 e. The molecule has 0 bridgehead atoms. The minimum absolute atomic E-state index is 0.0971. The molecule has 4 heterocycles. The Labute approximate surface area is 236 Å². The monoisotopic (exact) mass is 562 g/mol. The number of rotatable bonds is 10. The van der Waals surface area contributed by atoms with Crippen LogP contribution in [0.3, 0.4) is 0 Å². The van der Waals surface area contributed by atoms with Crippen LogP contribution in [0.1, 0.15) is 35.8 Å². The number of fused-ring (bicyclic) bond motifs is 1. The molecule has 3 aromatic heterocycles. The summed E-state index contributed by atoms with van der Waals surface area (Å²) in [4.78, 5) is 32.9. The third-order valence-electron chi connectivity index (χ3n) is 6.61. The number of pyridine rings is 1. The summed E-state index contributed by atoms with van der Waals surface area (Å²) in [6, 6.07) is 13.1. The Balaban J connectivity index is 1.36. The van der Waals surface area contributed by atoms with Crippen molar-refractivity contribution >= 4 is 29.1 Å². The number of imidazole rings is 1. The summed E-state index contributed by atoms with van der Waals surface area (Å²) in [6.45, 7) is 3.40. The van der Waals surface area contributed by atoms with Crippen LogP contribution in [0, 0.1) is 0 Å². The number of aromatic nitrogens is 4. The first-order valence-electron chi connectivity index (χ1n) is 13.1. The van der Waals surface area contributed by atoms with Crippen LogP contribution < -0.4 is 26.4 Å². The van der Waals surface area contributed by atoms with Crippen molar-refractivity contribution in [2.45, 2.75) is 38.4 Å². The van der Waals surface area contributed by atoms with Gasteiger partial charge in [0.05, 0.1) is 29.7 Å². The number of amides is 2. The maximum atomic E-state index is 12.4. The van der Waals surface area contributed by atoms with Crippen molar-refractivity contribution in [2.75, 3.05) is 20.2 Å². The van der Waals surface area contributed by atoms with Gasteiger partial charge in [-0.05, 0) is 31.5 Å². The second-order valence-electron chi connectivity index (χ2n) is 9.80. The van der Waals surface area contributed by atoms with E-state index in [1.807, 2.05) is 43.3 Å². The van der Waals surface area contributed by atoms with Gasteiger partial charge in [0, 0.05) is 54.8 Å². The molecule has 208 valence electrons. The number of carbonyl (C=O) groups is 2. The van der Waals surface area contributed by atoms with Gasteiger partial charge in [0.25, 0.3) is 5.91 Å². The van der Waals surface area contributed by atoms with Gasteiger partial charge in [0.1, 0.15) is 5.69 Å². The molecule has 0 saturated carbocycles. The first-order valence-corrected chi connectivity index (χ1v) is 13.4. The van der Waals surface area contributed by atoms with Crippen LogP contribution in [0.15, 0.2) is 48.7 Å². The molecule has 0 aliphatic carbocycles. The first-order chi connectivity index (χ1) is 19.3. The van der Waals surface area contributed by atoms with E-state index >= 15 is 0 Å². The highest BCUT2D eigenvalue weighted by molar-refractivity contribution is 6.36. The summed E-state index contributed by atoms with van der Waals surface area (Å²) in [5.41, 5.74) is 10.1. The molecular formula is C28H31ClN8O3. The van der Waals surface area contributed by atoms with Crippen molar-refractivity contribution in [3.05, 3.63) is 64.9 Å². The second-order valence-corrected chi connectivity index (χ2v) is 10.2. The van der Waals surface area contributed by atoms with E-state index in [1.165, 1.54) is 0 Å². The average molecular weight is 563 g/mol. The van der Waals surface area contributed by atoms with Crippen LogP contribution in [0.4, 0.5) is 0 Å². The van der Waals surface area contributed by atoms with Crippen LogP contribution in [0.2, 0.25) is 5.02 Å². The molecule has 12 heteroatoms. The van der Waals surface area contributed by atoms with E-state index in [4.69, 9.17) is 27.1 Å². The molecule has 2 atom stereocenters. The molecule has 1 aliphatic rings. The van der Waals surface area contributed by atoms with Gasteiger partial charge in [-0.1, -0.05) is 35.9 Å². The Kier molecular flexibility index (Phi) is 8.24. The Bertz CT molecular complexity index is 1550. The highest BCUT2D eigenvalue weighted by atomic mass is 35.5. The summed E-state index contributed by atoms with van der Waals surface area (Å²) in [6.07, 6.45) is 2.99. The topological polar surface area (TPSA) is 149 Å². The number of ether oxygens (including phenoxy) is 1. The molecule has 4 aromatic rings. The second kappa shape index (κ2) is 12.0. The maximum Gasteiger partial charge on any atom is 0.271 e. The zero-order chi connectivity index (χ0) is 28.2. The molecular weight excluding hydrogens is 532 g/mol. The molecule has 40 heavy (non-hydrogen) atoms. The van der Waals surface area contributed by atoms with Gasteiger partial charge in [-0.2, -0.15) is 5.10 Å². The molecule has 1 saturated heterocycles. The lowest BCUT2D eigenvalue weighted by atomic mass is 10.0. The molecule has 0 radical (unpaired) electrons. The summed E-state index contributed by atoms with van der Waals surface area (Å²) in [7, 11) is 1.58. The van der Waals surface area contributed by atoms with Gasteiger partial charge in [0.2, 0.25) is 11.8 Å². The number of halogens is 1. The molecule has 0 spiro atoms. The van der Waals surface area contributed by atoms with Gasteiger partial charge in [0.15, 0.2) is 5.65 Å². The predicted octanol–water partition coefficient (Wildman–Crippen LogP) is 2.57. The summed E-state index contributed by atoms with van der Waals surface area (Å²) in [5, 5.41) is 14.2. The lowest BCUT2D eigenvalue weighted by Gasteiger charge is -2.14. The fourth-order valence-corrected chi connectivity index (χ4v) is 4.87. The van der Waals surface area contributed by atoms with Crippen LogP contribution in [-0.4, -0.2) is 63.7 Å². The summed E-state index contributed by atoms with van der Waals surface area (Å²) >= 11 is 6.89. The maximum absolute atomic E-state index is 12.4. The third kappa shape index (κ3) is 6.06. The number of nitrogens with one attached hydrogen (secondary N) is 3. The minimum atomic E-state index is -0.312. The van der Waals surface area contributed by atoms with Gasteiger partial charge < -0.3 is 26.4 Å². The first kappa shape index (κ1) is 27.5. The highest BCUT2D eigenvalue weighted by Crippen LogP contribution is 2.36. The van der Waals surface area contributed by atoms with Gasteiger partial charge in [-0.3, -0.25) is 9.59 Å². The Hall–Kier alpha value is -4.06. The predicted molar refractivity (Wildman–Crippen MR) is 152 cm³/mol. The molecule has 5 N–H and O–H groups in total. The van der Waals surface area contributed by atoms with Crippen LogP contribution in [0.5, 0.6) is 5.88 Å². The standard InChI is InChI=1S/C28H31ClN8O3/c1-16(30)12-32-27(39)23-15-37-24(34-23)10-9-22(36-37)20-5-3-4-19(26(20)29)21-8-6-17(28(35-21)40-2)13-31-14-18-7-11-25(38)33-18/h3-6,8-10,15-16,18,31H,7,11-14,30H2,1-2H3,(H,32,39)(H,33,38)/t16-,18-/m0/s1. The van der Waals surface area contributed by atoms with Gasteiger partial charge in [-0.15, -0.1) is 0 Å². The molecule has 0 unspecified atom stereocenters. The molecule has 1 fully saturated rings. The third-order valence-corrected chi connectivity index (χ3v) is 7.02. The van der Waals surface area contributed by atoms with Gasteiger partial charge in [-0.25, -0.2) is 14.5 Å². The lowest BCUT2D eigenvalue weighted by molar-refractivity contribution is -0.119. The minimum Gasteiger partial charge on any atom is -0.481 e. The number of carbonyl (C=O) groups excluding carboxylic acids is 2. The van der Waals surface area contributed by atoms with Crippen molar-refractivity contribution in [1.29, 1.82) is 0 Å². The van der Waals surface area contributed by atoms with Crippen LogP contribution in [-0.2, 0) is 11.3 Å². The quantitative estimate of drug-likeness (QED) is 0.230. The van der Waals surface area contributed by atoms with E-state index in [-0.39, 0.29) is 29.6 Å². The van der Waals surface area contributed by atoms with Crippen LogP contribution in [0.25, 0.3) is 28.2 Å². The average Bonchev–Trinajstić information content (AvgIpc) is 3.57. The molecule has 11 nitrogen and oxygen atoms in total. The van der Waals surface area contributed by atoms with E-state index in [0.29, 0.717) is 59.6 Å². The number of hydrogen-bond acceptors (Lipinski definition) is 8. The van der Waals surface area contributed by atoms with E-state index < -0.39 is 0 Å². The normalized spacial score (nSPS) is 15.7. The number of nitrogens with two attached hydrogens (primary N) is 1. The van der Waals surface area contributed by atoms with Crippen molar-refractivity contribution < 1.29 is 14.3 Å². The van der Waals surface area contributed by atoms with Crippen LogP contribution >= 0.6 is 11.6 Å². The molecule has 1 aliphatic heterocycles. The zero-order valence-corrected chi connectivity index (χ0v) is 23.0. The summed E-state index contributed by atoms with van der Waals surface area (Å²) in [5.74, 6) is 0.280. The number of methoxy groups -OCH3 is 1. The molecule has 5 rings (SSSR count). The SMILES string of the molecule is COc1nc(-c2cccc(-c3ccc4nc(C(=O)NC[C@H](C)N)cn4n3)c2Cl)ccc1CNC[C@@H]1CCC(=O)N1. The van der Waals surface area contributed by atoms with E-state index in [2.05, 4.69) is 26.0 Å². The van der Waals surface area contributed by atoms with Crippen molar-refractivity contribution in [3.63, 3.8) is 0 Å². The van der Waals surface area contributed by atoms with Crippen molar-refractivity contribution in [1.82, 2.24) is 35.5 Å². The fourth-order valence-electron chi connectivity index (χ4n) is 4.55. The number of hydrogen-bond donors (Lipinski definition) is 4. The van der Waals surface area contributed by atoms with E-state index in [0.717, 1.165) is 17.5 Å². The van der Waals surface area contributed by atoms with Crippen molar-refractivity contribution in [2.24, 2.45) is 5.73 Å². The Morgan fingerprint density at radius 3 is 2.70 bits per heavy atom. The van der Waals surface area contributed by atoms with E-state index in [1.54, 1.807) is 23.9 Å². The Morgan fingerprint density at radius 2 is 1.98 bits per heavy atom. The smallest absolute Gasteiger partial charge is 0.271 e. The highest BCUT2D eigenvalue weighted by Gasteiger charge is 2.20. The van der Waals surface area contributed by atoms with Gasteiger partial charge >= 0.3 is 0 Å². The number of nitrogens with zero attached hydrogens (tertiary/aromatic N) is 4.